The highest BCUT2D eigenvalue weighted by atomic mass is 32.2. The smallest absolute Gasteiger partial charge is 0.173 e. The molecular formula is C10H16N4OS. The first kappa shape index (κ1) is 12.6. The fourth-order valence-corrected chi connectivity index (χ4v) is 1.75. The number of hydrogen-bond donors (Lipinski definition) is 2. The maximum atomic E-state index is 8.68. The Morgan fingerprint density at radius 3 is 3.06 bits per heavy atom. The minimum Gasteiger partial charge on any atom is -0.409 e. The van der Waals surface area contributed by atoms with Crippen molar-refractivity contribution in [3.63, 3.8) is 0 Å². The predicted octanol–water partition coefficient (Wildman–Crippen LogP) is 0.975. The average molecular weight is 240 g/mol. The van der Waals surface area contributed by atoms with Crippen LogP contribution in [0.25, 0.3) is 0 Å². The SMILES string of the molecule is CSCCN(C)c1ncccc1/C(N)=N/O. The summed E-state index contributed by atoms with van der Waals surface area (Å²) in [4.78, 5) is 6.24. The second kappa shape index (κ2) is 6.22. The quantitative estimate of drug-likeness (QED) is 0.347. The molecule has 0 amide bonds. The van der Waals surface area contributed by atoms with Crippen LogP contribution in [0, 0.1) is 0 Å². The van der Waals surface area contributed by atoms with Crippen molar-refractivity contribution in [1.82, 2.24) is 4.98 Å². The maximum Gasteiger partial charge on any atom is 0.173 e. The van der Waals surface area contributed by atoms with Crippen LogP contribution in [-0.2, 0) is 0 Å². The highest BCUT2D eigenvalue weighted by Gasteiger charge is 2.11. The van der Waals surface area contributed by atoms with Gasteiger partial charge < -0.3 is 15.8 Å². The van der Waals surface area contributed by atoms with Crippen LogP contribution in [0.3, 0.4) is 0 Å². The lowest BCUT2D eigenvalue weighted by Gasteiger charge is -2.19. The van der Waals surface area contributed by atoms with Crippen LogP contribution in [-0.4, -0.2) is 41.6 Å². The van der Waals surface area contributed by atoms with Crippen LogP contribution in [0.2, 0.25) is 0 Å². The van der Waals surface area contributed by atoms with E-state index in [2.05, 4.69) is 16.4 Å². The van der Waals surface area contributed by atoms with Crippen LogP contribution >= 0.6 is 11.8 Å². The van der Waals surface area contributed by atoms with Crippen molar-refractivity contribution in [2.45, 2.75) is 0 Å². The number of pyridine rings is 1. The van der Waals surface area contributed by atoms with E-state index in [1.54, 1.807) is 30.1 Å². The van der Waals surface area contributed by atoms with Gasteiger partial charge in [-0.15, -0.1) is 0 Å². The average Bonchev–Trinajstić information content (AvgIpc) is 2.35. The summed E-state index contributed by atoms with van der Waals surface area (Å²) < 4.78 is 0. The molecule has 0 fully saturated rings. The monoisotopic (exact) mass is 240 g/mol. The van der Waals surface area contributed by atoms with Crippen LogP contribution in [0.1, 0.15) is 5.56 Å². The van der Waals surface area contributed by atoms with E-state index in [0.717, 1.165) is 18.1 Å². The Bertz CT molecular complexity index is 370. The third-order valence-electron chi connectivity index (χ3n) is 2.16. The number of thioether (sulfide) groups is 1. The molecule has 1 aromatic heterocycles. The highest BCUT2D eigenvalue weighted by Crippen LogP contribution is 2.15. The Morgan fingerprint density at radius 1 is 1.69 bits per heavy atom. The van der Waals surface area contributed by atoms with Gasteiger partial charge in [-0.3, -0.25) is 0 Å². The van der Waals surface area contributed by atoms with Crippen molar-refractivity contribution >= 4 is 23.4 Å². The molecule has 0 saturated heterocycles. The third-order valence-corrected chi connectivity index (χ3v) is 2.75. The molecule has 3 N–H and O–H groups in total. The second-order valence-corrected chi connectivity index (χ2v) is 4.26. The van der Waals surface area contributed by atoms with Gasteiger partial charge in [0.25, 0.3) is 0 Å². The number of nitrogens with zero attached hydrogens (tertiary/aromatic N) is 3. The van der Waals surface area contributed by atoms with Gasteiger partial charge in [0, 0.05) is 25.5 Å². The topological polar surface area (TPSA) is 74.7 Å². The van der Waals surface area contributed by atoms with Crippen molar-refractivity contribution in [2.75, 3.05) is 30.5 Å². The first-order valence-corrected chi connectivity index (χ1v) is 6.23. The lowest BCUT2D eigenvalue weighted by atomic mass is 10.2. The predicted molar refractivity (Wildman–Crippen MR) is 68.4 cm³/mol. The van der Waals surface area contributed by atoms with Crippen molar-refractivity contribution < 1.29 is 5.21 Å². The summed E-state index contributed by atoms with van der Waals surface area (Å²) in [6, 6.07) is 3.55. The first-order chi connectivity index (χ1) is 7.70. The molecule has 0 bridgehead atoms. The van der Waals surface area contributed by atoms with E-state index in [9.17, 15) is 0 Å². The van der Waals surface area contributed by atoms with E-state index in [1.807, 2.05) is 11.9 Å². The zero-order valence-electron chi connectivity index (χ0n) is 9.42. The minimum atomic E-state index is 0.0825. The van der Waals surface area contributed by atoms with Gasteiger partial charge in [-0.05, 0) is 18.4 Å². The number of rotatable bonds is 5. The van der Waals surface area contributed by atoms with E-state index in [4.69, 9.17) is 10.9 Å². The number of nitrogens with two attached hydrogens (primary N) is 1. The maximum absolute atomic E-state index is 8.68. The molecule has 88 valence electrons. The lowest BCUT2D eigenvalue weighted by Crippen LogP contribution is -2.26. The van der Waals surface area contributed by atoms with Gasteiger partial charge in [0.15, 0.2) is 5.84 Å². The van der Waals surface area contributed by atoms with Gasteiger partial charge >= 0.3 is 0 Å². The summed E-state index contributed by atoms with van der Waals surface area (Å²) in [5.41, 5.74) is 6.24. The molecule has 1 rings (SSSR count). The van der Waals surface area contributed by atoms with Gasteiger partial charge in [-0.2, -0.15) is 11.8 Å². The van der Waals surface area contributed by atoms with Crippen molar-refractivity contribution in [3.8, 4) is 0 Å². The molecule has 16 heavy (non-hydrogen) atoms. The van der Waals surface area contributed by atoms with Crippen LogP contribution in [0.15, 0.2) is 23.5 Å². The molecule has 0 spiro atoms. The van der Waals surface area contributed by atoms with Crippen molar-refractivity contribution in [3.05, 3.63) is 23.9 Å². The number of hydrogen-bond acceptors (Lipinski definition) is 5. The molecule has 1 heterocycles. The summed E-state index contributed by atoms with van der Waals surface area (Å²) in [7, 11) is 1.94. The zero-order valence-corrected chi connectivity index (χ0v) is 10.2. The van der Waals surface area contributed by atoms with E-state index >= 15 is 0 Å². The summed E-state index contributed by atoms with van der Waals surface area (Å²) in [5, 5.41) is 11.7. The second-order valence-electron chi connectivity index (χ2n) is 3.27. The fourth-order valence-electron chi connectivity index (χ4n) is 1.29. The van der Waals surface area contributed by atoms with Crippen molar-refractivity contribution in [2.24, 2.45) is 10.9 Å². The highest BCUT2D eigenvalue weighted by molar-refractivity contribution is 7.98. The normalized spacial score (nSPS) is 11.5. The van der Waals surface area contributed by atoms with Crippen LogP contribution < -0.4 is 10.6 Å². The first-order valence-electron chi connectivity index (χ1n) is 4.83. The van der Waals surface area contributed by atoms with Crippen LogP contribution in [0.4, 0.5) is 5.82 Å². The van der Waals surface area contributed by atoms with E-state index in [0.29, 0.717) is 5.56 Å². The number of amidine groups is 1. The standard InChI is InChI=1S/C10H16N4OS/c1-14(6-7-16-2)10-8(9(11)13-15)4-3-5-12-10/h3-5,15H,6-7H2,1-2H3,(H2,11,13). The van der Waals surface area contributed by atoms with E-state index in [1.165, 1.54) is 0 Å². The summed E-state index contributed by atoms with van der Waals surface area (Å²) in [5.74, 6) is 1.81. The zero-order chi connectivity index (χ0) is 12.0. The molecular weight excluding hydrogens is 224 g/mol. The van der Waals surface area contributed by atoms with E-state index in [-0.39, 0.29) is 5.84 Å². The van der Waals surface area contributed by atoms with Gasteiger partial charge in [-0.1, -0.05) is 5.16 Å². The molecule has 0 aliphatic rings. The van der Waals surface area contributed by atoms with Gasteiger partial charge in [0.2, 0.25) is 0 Å². The molecule has 0 radical (unpaired) electrons. The molecule has 0 aromatic carbocycles. The van der Waals surface area contributed by atoms with E-state index < -0.39 is 0 Å². The molecule has 0 aliphatic heterocycles. The molecule has 0 aliphatic carbocycles. The Hall–Kier alpha value is -1.43. The molecule has 6 heteroatoms. The Kier molecular flexibility index (Phi) is 4.91. The number of aromatic nitrogens is 1. The summed E-state index contributed by atoms with van der Waals surface area (Å²) in [6.45, 7) is 0.865. The van der Waals surface area contributed by atoms with Crippen LogP contribution in [0.5, 0.6) is 0 Å². The Morgan fingerprint density at radius 2 is 2.44 bits per heavy atom. The summed E-state index contributed by atoms with van der Waals surface area (Å²) >= 11 is 1.76. The number of anilines is 1. The Balaban J connectivity index is 2.94. The molecule has 5 nitrogen and oxygen atoms in total. The van der Waals surface area contributed by atoms with Gasteiger partial charge in [0.05, 0.1) is 5.56 Å². The van der Waals surface area contributed by atoms with Gasteiger partial charge in [0.1, 0.15) is 5.82 Å². The summed E-state index contributed by atoms with van der Waals surface area (Å²) in [6.07, 6.45) is 3.75. The molecule has 0 saturated carbocycles. The largest absolute Gasteiger partial charge is 0.409 e. The Labute approximate surface area is 99.3 Å². The van der Waals surface area contributed by atoms with Gasteiger partial charge in [-0.25, -0.2) is 4.98 Å². The fraction of sp³-hybridized carbons (Fsp3) is 0.400. The molecule has 0 atom stereocenters. The third kappa shape index (κ3) is 3.03. The van der Waals surface area contributed by atoms with Crippen molar-refractivity contribution in [1.29, 1.82) is 0 Å². The lowest BCUT2D eigenvalue weighted by molar-refractivity contribution is 0.318. The molecule has 1 aromatic rings. The molecule has 0 unspecified atom stereocenters. The number of oxime groups is 1. The minimum absolute atomic E-state index is 0.0825.